The highest BCUT2D eigenvalue weighted by molar-refractivity contribution is 7.19. The van der Waals surface area contributed by atoms with E-state index in [4.69, 9.17) is 4.98 Å². The number of carbonyl (C=O) groups excluding carboxylic acids is 1. The van der Waals surface area contributed by atoms with Gasteiger partial charge in [-0.15, -0.1) is 11.3 Å². The Bertz CT molecular complexity index is 1620. The summed E-state index contributed by atoms with van der Waals surface area (Å²) in [6.07, 6.45) is 6.77. The van der Waals surface area contributed by atoms with Gasteiger partial charge in [-0.05, 0) is 100 Å². The number of aryl methyl sites for hydroxylation is 1. The van der Waals surface area contributed by atoms with E-state index in [-0.39, 0.29) is 11.5 Å². The van der Waals surface area contributed by atoms with Crippen LogP contribution in [0.1, 0.15) is 88.4 Å². The number of hydrogen-bond acceptors (Lipinski definition) is 5. The lowest BCUT2D eigenvalue weighted by Crippen LogP contribution is -2.34. The standard InChI is InChI=1S/C34H47N5O2S/c1-23(2)13-19-37(20-14-24(3)4)32(40)26-11-12-28-29(21-26)38(18-10-17-36-15-8-7-9-16-36)34-35-27-22-30(25(5)6)42-31(27)33(41)39(28)34/h11-12,21-24H,5,7-10,13-20H2,1-4,6H3. The summed E-state index contributed by atoms with van der Waals surface area (Å²) < 4.78 is 4.56. The number of likely N-dealkylation sites (tertiary alicyclic amines) is 1. The van der Waals surface area contributed by atoms with E-state index < -0.39 is 0 Å². The van der Waals surface area contributed by atoms with Crippen LogP contribution >= 0.6 is 11.3 Å². The minimum Gasteiger partial charge on any atom is -0.339 e. The van der Waals surface area contributed by atoms with Gasteiger partial charge < -0.3 is 14.4 Å². The van der Waals surface area contributed by atoms with Crippen molar-refractivity contribution in [1.82, 2.24) is 23.8 Å². The van der Waals surface area contributed by atoms with E-state index in [1.807, 2.05) is 36.1 Å². The molecule has 0 atom stereocenters. The van der Waals surface area contributed by atoms with Gasteiger partial charge in [0.15, 0.2) is 0 Å². The van der Waals surface area contributed by atoms with Crippen molar-refractivity contribution in [3.8, 4) is 0 Å². The zero-order chi connectivity index (χ0) is 30.0. The fourth-order valence-corrected chi connectivity index (χ4v) is 6.88. The van der Waals surface area contributed by atoms with Gasteiger partial charge in [-0.1, -0.05) is 40.7 Å². The summed E-state index contributed by atoms with van der Waals surface area (Å²) in [6.45, 7) is 20.4. The SMILES string of the molecule is C=C(C)c1cc2nc3n(CCCN4CCCCC4)c4cc(C(=O)N(CCC(C)C)CCC(C)C)ccc4n3c(=O)c2s1. The van der Waals surface area contributed by atoms with E-state index in [1.165, 1.54) is 30.6 Å². The summed E-state index contributed by atoms with van der Waals surface area (Å²) in [5, 5.41) is 0. The normalized spacial score (nSPS) is 14.6. The largest absolute Gasteiger partial charge is 0.339 e. The second kappa shape index (κ2) is 13.1. The number of benzene rings is 1. The molecule has 226 valence electrons. The Hall–Kier alpha value is -2.97. The molecule has 3 aromatic heterocycles. The number of fused-ring (bicyclic) bond motifs is 4. The average molecular weight is 590 g/mol. The summed E-state index contributed by atoms with van der Waals surface area (Å²) in [4.78, 5) is 38.4. The number of aromatic nitrogens is 3. The first-order valence-electron chi connectivity index (χ1n) is 15.8. The molecule has 0 saturated carbocycles. The first-order valence-corrected chi connectivity index (χ1v) is 16.6. The second-order valence-electron chi connectivity index (χ2n) is 12.9. The van der Waals surface area contributed by atoms with Gasteiger partial charge in [0.05, 0.1) is 16.6 Å². The molecular weight excluding hydrogens is 542 g/mol. The molecule has 0 unspecified atom stereocenters. The Morgan fingerprint density at radius 3 is 2.33 bits per heavy atom. The van der Waals surface area contributed by atoms with Gasteiger partial charge in [-0.3, -0.25) is 9.59 Å². The molecule has 5 rings (SSSR count). The summed E-state index contributed by atoms with van der Waals surface area (Å²) in [5.74, 6) is 1.77. The summed E-state index contributed by atoms with van der Waals surface area (Å²) in [7, 11) is 0. The van der Waals surface area contributed by atoms with Gasteiger partial charge in [0.2, 0.25) is 5.78 Å². The van der Waals surface area contributed by atoms with E-state index in [2.05, 4.69) is 43.7 Å². The smallest absolute Gasteiger partial charge is 0.277 e. The van der Waals surface area contributed by atoms with Gasteiger partial charge in [-0.2, -0.15) is 0 Å². The monoisotopic (exact) mass is 589 g/mol. The molecule has 0 spiro atoms. The van der Waals surface area contributed by atoms with Crippen molar-refractivity contribution in [3.63, 3.8) is 0 Å². The number of rotatable bonds is 12. The van der Waals surface area contributed by atoms with Gasteiger partial charge >= 0.3 is 0 Å². The van der Waals surface area contributed by atoms with Crippen LogP contribution in [0, 0.1) is 11.8 Å². The Labute approximate surface area is 253 Å². The molecule has 1 saturated heterocycles. The molecule has 0 N–H and O–H groups in total. The molecular formula is C34H47N5O2S. The third-order valence-corrected chi connectivity index (χ3v) is 9.77. The minimum absolute atomic E-state index is 0.0538. The van der Waals surface area contributed by atoms with Crippen LogP contribution in [0.4, 0.5) is 0 Å². The molecule has 4 heterocycles. The molecule has 1 aliphatic rings. The molecule has 1 aromatic carbocycles. The minimum atomic E-state index is -0.0538. The van der Waals surface area contributed by atoms with Crippen LogP contribution in [-0.2, 0) is 6.54 Å². The Kier molecular flexibility index (Phi) is 9.53. The lowest BCUT2D eigenvalue weighted by Gasteiger charge is -2.26. The third kappa shape index (κ3) is 6.50. The molecule has 0 radical (unpaired) electrons. The van der Waals surface area contributed by atoms with Crippen LogP contribution in [0.3, 0.4) is 0 Å². The second-order valence-corrected chi connectivity index (χ2v) is 14.0. The van der Waals surface area contributed by atoms with Gasteiger partial charge in [0.25, 0.3) is 11.5 Å². The van der Waals surface area contributed by atoms with Crippen LogP contribution < -0.4 is 5.56 Å². The number of piperidine rings is 1. The van der Waals surface area contributed by atoms with Gasteiger partial charge in [-0.25, -0.2) is 9.38 Å². The van der Waals surface area contributed by atoms with Crippen molar-refractivity contribution >= 4 is 49.8 Å². The molecule has 1 amide bonds. The van der Waals surface area contributed by atoms with Crippen LogP contribution in [0.15, 0.2) is 35.6 Å². The highest BCUT2D eigenvalue weighted by Crippen LogP contribution is 2.29. The van der Waals surface area contributed by atoms with Crippen molar-refractivity contribution in [2.24, 2.45) is 11.8 Å². The number of hydrogen-bond donors (Lipinski definition) is 0. The zero-order valence-corrected chi connectivity index (χ0v) is 26.9. The maximum atomic E-state index is 13.9. The van der Waals surface area contributed by atoms with Crippen molar-refractivity contribution < 1.29 is 4.79 Å². The third-order valence-electron chi connectivity index (χ3n) is 8.49. The lowest BCUT2D eigenvalue weighted by atomic mass is 10.1. The van der Waals surface area contributed by atoms with Crippen LogP contribution in [0.2, 0.25) is 0 Å². The zero-order valence-electron chi connectivity index (χ0n) is 26.1. The number of allylic oxidation sites excluding steroid dienone is 1. The number of thiophene rings is 1. The Balaban J connectivity index is 1.58. The lowest BCUT2D eigenvalue weighted by molar-refractivity contribution is 0.0741. The molecule has 0 aliphatic carbocycles. The van der Waals surface area contributed by atoms with Crippen LogP contribution in [-0.4, -0.2) is 62.4 Å². The molecule has 42 heavy (non-hydrogen) atoms. The number of nitrogens with zero attached hydrogens (tertiary/aromatic N) is 5. The van der Waals surface area contributed by atoms with E-state index in [0.717, 1.165) is 80.0 Å². The molecule has 8 heteroatoms. The van der Waals surface area contributed by atoms with Crippen molar-refractivity contribution in [2.75, 3.05) is 32.7 Å². The van der Waals surface area contributed by atoms with Crippen molar-refractivity contribution in [3.05, 3.63) is 51.6 Å². The maximum Gasteiger partial charge on any atom is 0.277 e. The molecule has 0 bridgehead atoms. The quantitative estimate of drug-likeness (QED) is 0.174. The average Bonchev–Trinajstić information content (AvgIpc) is 3.53. The number of carbonyl (C=O) groups is 1. The first kappa shape index (κ1) is 30.5. The highest BCUT2D eigenvalue weighted by atomic mass is 32.1. The Morgan fingerprint density at radius 1 is 1.00 bits per heavy atom. The van der Waals surface area contributed by atoms with Crippen molar-refractivity contribution in [2.45, 2.75) is 79.7 Å². The maximum absolute atomic E-state index is 13.9. The van der Waals surface area contributed by atoms with E-state index >= 15 is 0 Å². The van der Waals surface area contributed by atoms with Crippen LogP contribution in [0.25, 0.3) is 32.6 Å². The molecule has 1 fully saturated rings. The summed E-state index contributed by atoms with van der Waals surface area (Å²) in [5.41, 5.74) is 3.97. The fraction of sp³-hybridized carbons (Fsp3) is 0.559. The van der Waals surface area contributed by atoms with E-state index in [1.54, 1.807) is 4.40 Å². The molecule has 4 aromatic rings. The summed E-state index contributed by atoms with van der Waals surface area (Å²) in [6, 6.07) is 7.82. The number of imidazole rings is 1. The Morgan fingerprint density at radius 2 is 1.69 bits per heavy atom. The van der Waals surface area contributed by atoms with E-state index in [0.29, 0.717) is 33.4 Å². The number of amides is 1. The fourth-order valence-electron chi connectivity index (χ4n) is 5.93. The van der Waals surface area contributed by atoms with Gasteiger partial charge in [0.1, 0.15) is 4.70 Å². The molecule has 7 nitrogen and oxygen atoms in total. The first-order chi connectivity index (χ1) is 20.1. The predicted molar refractivity (Wildman–Crippen MR) is 177 cm³/mol. The topological polar surface area (TPSA) is 62.9 Å². The molecule has 1 aliphatic heterocycles. The predicted octanol–water partition coefficient (Wildman–Crippen LogP) is 7.31. The highest BCUT2D eigenvalue weighted by Gasteiger charge is 2.22. The van der Waals surface area contributed by atoms with Crippen molar-refractivity contribution in [1.29, 1.82) is 0 Å². The van der Waals surface area contributed by atoms with E-state index in [9.17, 15) is 9.59 Å². The van der Waals surface area contributed by atoms with Crippen LogP contribution in [0.5, 0.6) is 0 Å². The van der Waals surface area contributed by atoms with Gasteiger partial charge in [0, 0.05) is 30.1 Å². The summed E-state index contributed by atoms with van der Waals surface area (Å²) >= 11 is 1.46.